The highest BCUT2D eigenvalue weighted by molar-refractivity contribution is 5.54. The van der Waals surface area contributed by atoms with E-state index < -0.39 is 0 Å². The Hall–Kier alpha value is -1.06. The van der Waals surface area contributed by atoms with E-state index in [9.17, 15) is 5.11 Å². The molecule has 1 aromatic carbocycles. The van der Waals surface area contributed by atoms with Gasteiger partial charge in [0.2, 0.25) is 0 Å². The fraction of sp³-hybridized carbons (Fsp3) is 0.571. The van der Waals surface area contributed by atoms with E-state index >= 15 is 0 Å². The van der Waals surface area contributed by atoms with Crippen molar-refractivity contribution >= 4 is 5.69 Å². The van der Waals surface area contributed by atoms with Crippen molar-refractivity contribution in [2.24, 2.45) is 0 Å². The molecule has 1 atom stereocenters. The Bertz CT molecular complexity index is 350. The number of rotatable bonds is 6. The molecule has 96 valence electrons. The average molecular weight is 236 g/mol. The number of hydrogen-bond donors (Lipinski definition) is 2. The van der Waals surface area contributed by atoms with Gasteiger partial charge in [0.15, 0.2) is 0 Å². The summed E-state index contributed by atoms with van der Waals surface area (Å²) >= 11 is 0. The van der Waals surface area contributed by atoms with E-state index in [0.29, 0.717) is 0 Å². The minimum Gasteiger partial charge on any atom is -0.393 e. The molecule has 3 heteroatoms. The van der Waals surface area contributed by atoms with Gasteiger partial charge in [-0.3, -0.25) is 0 Å². The second kappa shape index (κ2) is 6.62. The maximum atomic E-state index is 9.33. The zero-order valence-corrected chi connectivity index (χ0v) is 11.3. The molecule has 0 saturated heterocycles. The standard InChI is InChI=1S/C14H24N2O/c1-11-5-6-14(13(9-11)10-15-3)16(4)8-7-12(2)17/h5-6,9,12,15,17H,7-8,10H2,1-4H3. The normalized spacial score (nSPS) is 12.5. The number of benzene rings is 1. The van der Waals surface area contributed by atoms with Gasteiger partial charge in [0, 0.05) is 25.8 Å². The Balaban J connectivity index is 2.80. The van der Waals surface area contributed by atoms with Crippen molar-refractivity contribution in [2.75, 3.05) is 25.5 Å². The van der Waals surface area contributed by atoms with E-state index in [2.05, 4.69) is 42.4 Å². The minimum absolute atomic E-state index is 0.240. The molecule has 0 aliphatic heterocycles. The lowest BCUT2D eigenvalue weighted by atomic mass is 10.1. The summed E-state index contributed by atoms with van der Waals surface area (Å²) in [5.41, 5.74) is 3.83. The lowest BCUT2D eigenvalue weighted by Gasteiger charge is -2.23. The molecule has 17 heavy (non-hydrogen) atoms. The largest absolute Gasteiger partial charge is 0.393 e. The van der Waals surface area contributed by atoms with Crippen molar-refractivity contribution in [1.29, 1.82) is 0 Å². The molecule has 0 aromatic heterocycles. The first-order chi connectivity index (χ1) is 8.04. The second-order valence-electron chi connectivity index (χ2n) is 4.72. The first-order valence-corrected chi connectivity index (χ1v) is 6.18. The molecule has 0 fully saturated rings. The molecule has 2 N–H and O–H groups in total. The molecule has 1 unspecified atom stereocenters. The maximum absolute atomic E-state index is 9.33. The number of anilines is 1. The summed E-state index contributed by atoms with van der Waals surface area (Å²) < 4.78 is 0. The molecule has 3 nitrogen and oxygen atoms in total. The number of aliphatic hydroxyl groups excluding tert-OH is 1. The second-order valence-corrected chi connectivity index (χ2v) is 4.72. The zero-order valence-electron chi connectivity index (χ0n) is 11.3. The third kappa shape index (κ3) is 4.36. The van der Waals surface area contributed by atoms with Crippen LogP contribution in [0.3, 0.4) is 0 Å². The number of nitrogens with zero attached hydrogens (tertiary/aromatic N) is 1. The van der Waals surface area contributed by atoms with Crippen LogP contribution in [0.25, 0.3) is 0 Å². The fourth-order valence-electron chi connectivity index (χ4n) is 1.92. The van der Waals surface area contributed by atoms with Crippen LogP contribution in [-0.2, 0) is 6.54 Å². The third-order valence-corrected chi connectivity index (χ3v) is 2.90. The highest BCUT2D eigenvalue weighted by Crippen LogP contribution is 2.21. The van der Waals surface area contributed by atoms with Gasteiger partial charge in [-0.2, -0.15) is 0 Å². The van der Waals surface area contributed by atoms with Crippen LogP contribution in [0.5, 0.6) is 0 Å². The summed E-state index contributed by atoms with van der Waals surface area (Å²) in [6.07, 6.45) is 0.555. The molecule has 1 rings (SSSR count). The van der Waals surface area contributed by atoms with Gasteiger partial charge >= 0.3 is 0 Å². The Kier molecular flexibility index (Phi) is 5.45. The van der Waals surface area contributed by atoms with Crippen LogP contribution in [0.4, 0.5) is 5.69 Å². The SMILES string of the molecule is CNCc1cc(C)ccc1N(C)CCC(C)O. The van der Waals surface area contributed by atoms with E-state index in [1.54, 1.807) is 0 Å². The van der Waals surface area contributed by atoms with Crippen molar-refractivity contribution in [3.05, 3.63) is 29.3 Å². The highest BCUT2D eigenvalue weighted by atomic mass is 16.3. The summed E-state index contributed by atoms with van der Waals surface area (Å²) in [5.74, 6) is 0. The van der Waals surface area contributed by atoms with E-state index in [1.807, 2.05) is 14.0 Å². The van der Waals surface area contributed by atoms with Crippen molar-refractivity contribution in [2.45, 2.75) is 32.9 Å². The van der Waals surface area contributed by atoms with E-state index in [-0.39, 0.29) is 6.10 Å². The summed E-state index contributed by atoms with van der Waals surface area (Å²) in [5, 5.41) is 12.5. The van der Waals surface area contributed by atoms with Crippen LogP contribution in [0.1, 0.15) is 24.5 Å². The van der Waals surface area contributed by atoms with Gasteiger partial charge < -0.3 is 15.3 Å². The lowest BCUT2D eigenvalue weighted by Crippen LogP contribution is -2.23. The van der Waals surface area contributed by atoms with Gasteiger partial charge in [0.1, 0.15) is 0 Å². The first-order valence-electron chi connectivity index (χ1n) is 6.18. The lowest BCUT2D eigenvalue weighted by molar-refractivity contribution is 0.187. The zero-order chi connectivity index (χ0) is 12.8. The quantitative estimate of drug-likeness (QED) is 0.792. The molecule has 0 bridgehead atoms. The molecule has 0 heterocycles. The molecule has 0 spiro atoms. The average Bonchev–Trinajstić information content (AvgIpc) is 2.26. The van der Waals surface area contributed by atoms with Crippen LogP contribution in [0, 0.1) is 6.92 Å². The molecule has 0 aliphatic carbocycles. The number of nitrogens with one attached hydrogen (secondary N) is 1. The van der Waals surface area contributed by atoms with Gasteiger partial charge in [-0.1, -0.05) is 17.7 Å². The van der Waals surface area contributed by atoms with Crippen molar-refractivity contribution in [1.82, 2.24) is 5.32 Å². The van der Waals surface area contributed by atoms with Gasteiger partial charge in [0.05, 0.1) is 6.10 Å². The van der Waals surface area contributed by atoms with E-state index in [4.69, 9.17) is 0 Å². The van der Waals surface area contributed by atoms with Gasteiger partial charge in [-0.25, -0.2) is 0 Å². The number of hydrogen-bond acceptors (Lipinski definition) is 3. The van der Waals surface area contributed by atoms with Crippen molar-refractivity contribution in [3.8, 4) is 0 Å². The predicted molar refractivity (Wildman–Crippen MR) is 73.5 cm³/mol. The van der Waals surface area contributed by atoms with E-state index in [0.717, 1.165) is 19.5 Å². The molecular weight excluding hydrogens is 212 g/mol. The molecule has 0 saturated carbocycles. The molecule has 0 radical (unpaired) electrons. The van der Waals surface area contributed by atoms with Gasteiger partial charge in [-0.05, 0) is 38.9 Å². The van der Waals surface area contributed by atoms with E-state index in [1.165, 1.54) is 16.8 Å². The van der Waals surface area contributed by atoms with Crippen molar-refractivity contribution in [3.63, 3.8) is 0 Å². The maximum Gasteiger partial charge on any atom is 0.0528 e. The first kappa shape index (κ1) is 14.0. The van der Waals surface area contributed by atoms with Crippen LogP contribution < -0.4 is 10.2 Å². The summed E-state index contributed by atoms with van der Waals surface area (Å²) in [4.78, 5) is 2.21. The van der Waals surface area contributed by atoms with Crippen LogP contribution >= 0.6 is 0 Å². The predicted octanol–water partition coefficient (Wildman–Crippen LogP) is 1.92. The van der Waals surface area contributed by atoms with Crippen LogP contribution in [0.2, 0.25) is 0 Å². The Morgan fingerprint density at radius 3 is 2.71 bits per heavy atom. The summed E-state index contributed by atoms with van der Waals surface area (Å²) in [6.45, 7) is 5.68. The van der Waals surface area contributed by atoms with Crippen molar-refractivity contribution < 1.29 is 5.11 Å². The van der Waals surface area contributed by atoms with Gasteiger partial charge in [-0.15, -0.1) is 0 Å². The Morgan fingerprint density at radius 1 is 1.41 bits per heavy atom. The monoisotopic (exact) mass is 236 g/mol. The fourth-order valence-corrected chi connectivity index (χ4v) is 1.92. The smallest absolute Gasteiger partial charge is 0.0528 e. The minimum atomic E-state index is -0.240. The van der Waals surface area contributed by atoms with Gasteiger partial charge in [0.25, 0.3) is 0 Å². The molecule has 0 aliphatic rings. The van der Waals surface area contributed by atoms with Crippen LogP contribution in [-0.4, -0.2) is 31.9 Å². The number of aryl methyl sites for hydroxylation is 1. The Morgan fingerprint density at radius 2 is 2.12 bits per heavy atom. The molecule has 1 aromatic rings. The highest BCUT2D eigenvalue weighted by Gasteiger charge is 2.08. The summed E-state index contributed by atoms with van der Waals surface area (Å²) in [6, 6.07) is 6.50. The van der Waals surface area contributed by atoms with Crippen LogP contribution in [0.15, 0.2) is 18.2 Å². The summed E-state index contributed by atoms with van der Waals surface area (Å²) in [7, 11) is 4.04. The Labute approximate surface area is 104 Å². The third-order valence-electron chi connectivity index (χ3n) is 2.90. The topological polar surface area (TPSA) is 35.5 Å². The molecular formula is C14H24N2O. The molecule has 0 amide bonds. The number of aliphatic hydroxyl groups is 1.